The average Bonchev–Trinajstić information content (AvgIpc) is 1.99. The molecule has 0 rings (SSSR count). The van der Waals surface area contributed by atoms with Crippen molar-refractivity contribution in [3.8, 4) is 0 Å². The second-order valence-corrected chi connectivity index (χ2v) is 1.93. The number of rotatable bonds is 4. The summed E-state index contributed by atoms with van der Waals surface area (Å²) in [5, 5.41) is 0. The molecule has 0 amide bonds. The molecule has 0 aromatic rings. The summed E-state index contributed by atoms with van der Waals surface area (Å²) in [5.41, 5.74) is 4.98. The van der Waals surface area contributed by atoms with Crippen LogP contribution < -0.4 is 5.73 Å². The second kappa shape index (κ2) is 5.20. The van der Waals surface area contributed by atoms with Crippen molar-refractivity contribution < 1.29 is 14.3 Å². The first kappa shape index (κ1) is 9.39. The summed E-state index contributed by atoms with van der Waals surface area (Å²) in [6, 6.07) is 0. The highest BCUT2D eigenvalue weighted by atomic mass is 16.6. The number of methoxy groups -OCH3 is 1. The van der Waals surface area contributed by atoms with Crippen LogP contribution in [0, 0.1) is 0 Å². The van der Waals surface area contributed by atoms with Crippen LogP contribution in [-0.4, -0.2) is 32.3 Å². The van der Waals surface area contributed by atoms with Gasteiger partial charge >= 0.3 is 5.97 Å². The molecule has 10 heavy (non-hydrogen) atoms. The van der Waals surface area contributed by atoms with E-state index >= 15 is 0 Å². The molecule has 60 valence electrons. The van der Waals surface area contributed by atoms with Crippen LogP contribution >= 0.6 is 0 Å². The third kappa shape index (κ3) is 4.29. The first-order valence-corrected chi connectivity index (χ1v) is 3.09. The van der Waals surface area contributed by atoms with Crippen molar-refractivity contribution in [2.75, 3.05) is 20.3 Å². The maximum Gasteiger partial charge on any atom is 0.319 e. The largest absolute Gasteiger partial charge is 0.462 e. The maximum absolute atomic E-state index is 10.4. The third-order valence-electron chi connectivity index (χ3n) is 1.05. The zero-order valence-corrected chi connectivity index (χ0v) is 6.29. The van der Waals surface area contributed by atoms with Crippen LogP contribution in [0.3, 0.4) is 0 Å². The lowest BCUT2D eigenvalue weighted by atomic mass is 10.4. The molecule has 0 unspecified atom stereocenters. The molecule has 0 spiro atoms. The maximum atomic E-state index is 10.4. The number of carbonyl (C=O) groups is 1. The number of carbonyl (C=O) groups excluding carboxylic acids is 1. The van der Waals surface area contributed by atoms with Crippen molar-refractivity contribution in [2.24, 2.45) is 5.73 Å². The summed E-state index contributed by atoms with van der Waals surface area (Å²) in [6.45, 7) is 2.01. The molecule has 4 heteroatoms. The molecule has 0 aliphatic carbocycles. The molecule has 2 N–H and O–H groups in total. The Hall–Kier alpha value is -0.610. The first-order chi connectivity index (χ1) is 4.70. The lowest BCUT2D eigenvalue weighted by molar-refractivity contribution is -0.145. The molecule has 0 aromatic carbocycles. The van der Waals surface area contributed by atoms with Gasteiger partial charge in [0.2, 0.25) is 0 Å². The minimum absolute atomic E-state index is 0.0597. The van der Waals surface area contributed by atoms with Gasteiger partial charge in [0.25, 0.3) is 0 Å². The summed E-state index contributed by atoms with van der Waals surface area (Å²) in [4.78, 5) is 10.4. The van der Waals surface area contributed by atoms with E-state index in [2.05, 4.69) is 4.74 Å². The Morgan fingerprint density at radius 1 is 1.70 bits per heavy atom. The van der Waals surface area contributed by atoms with E-state index in [0.717, 1.165) is 0 Å². The summed E-state index contributed by atoms with van der Waals surface area (Å²) >= 11 is 0. The Bertz CT molecular complexity index is 105. The molecule has 0 aromatic heterocycles. The van der Waals surface area contributed by atoms with Gasteiger partial charge in [-0.3, -0.25) is 4.79 Å². The van der Waals surface area contributed by atoms with E-state index in [9.17, 15) is 4.79 Å². The van der Waals surface area contributed by atoms with E-state index in [1.165, 1.54) is 0 Å². The highest BCUT2D eigenvalue weighted by molar-refractivity contribution is 5.71. The topological polar surface area (TPSA) is 61.5 Å². The van der Waals surface area contributed by atoms with Gasteiger partial charge < -0.3 is 15.2 Å². The summed E-state index contributed by atoms with van der Waals surface area (Å²) < 4.78 is 9.48. The Morgan fingerprint density at radius 3 is 2.70 bits per heavy atom. The highest BCUT2D eigenvalue weighted by Gasteiger charge is 2.02. The highest BCUT2D eigenvalue weighted by Crippen LogP contribution is 1.88. The minimum Gasteiger partial charge on any atom is -0.462 e. The molecule has 0 saturated heterocycles. The predicted octanol–water partition coefficient (Wildman–Crippen LogP) is -0.477. The van der Waals surface area contributed by atoms with Crippen LogP contribution in [0.2, 0.25) is 0 Å². The standard InChI is InChI=1S/C6H13NO3/c1-5(9-2)4-10-6(8)3-7/h5H,3-4,7H2,1-2H3/t5-/m0/s1. The van der Waals surface area contributed by atoms with Crippen molar-refractivity contribution in [1.82, 2.24) is 0 Å². The lowest BCUT2D eigenvalue weighted by Crippen LogP contribution is -2.22. The van der Waals surface area contributed by atoms with Gasteiger partial charge in [-0.2, -0.15) is 0 Å². The van der Waals surface area contributed by atoms with Crippen molar-refractivity contribution in [3.05, 3.63) is 0 Å². The SMILES string of the molecule is CO[C@@H](C)COC(=O)CN. The molecule has 4 nitrogen and oxygen atoms in total. The molecule has 0 bridgehead atoms. The van der Waals surface area contributed by atoms with Crippen molar-refractivity contribution in [1.29, 1.82) is 0 Å². The van der Waals surface area contributed by atoms with Crippen LogP contribution in [0.15, 0.2) is 0 Å². The fraction of sp³-hybridized carbons (Fsp3) is 0.833. The second-order valence-electron chi connectivity index (χ2n) is 1.93. The van der Waals surface area contributed by atoms with Gasteiger partial charge in [0, 0.05) is 7.11 Å². The first-order valence-electron chi connectivity index (χ1n) is 3.09. The van der Waals surface area contributed by atoms with Crippen molar-refractivity contribution >= 4 is 5.97 Å². The van der Waals surface area contributed by atoms with Crippen LogP contribution in [-0.2, 0) is 14.3 Å². The van der Waals surface area contributed by atoms with E-state index in [1.807, 2.05) is 6.92 Å². The normalized spacial score (nSPS) is 12.7. The molecule has 0 radical (unpaired) electrons. The van der Waals surface area contributed by atoms with E-state index < -0.39 is 5.97 Å². The van der Waals surface area contributed by atoms with Gasteiger partial charge in [0.05, 0.1) is 12.6 Å². The van der Waals surface area contributed by atoms with E-state index in [-0.39, 0.29) is 19.3 Å². The van der Waals surface area contributed by atoms with Crippen LogP contribution in [0.1, 0.15) is 6.92 Å². The van der Waals surface area contributed by atoms with Gasteiger partial charge in [-0.15, -0.1) is 0 Å². The Morgan fingerprint density at radius 2 is 2.30 bits per heavy atom. The number of hydrogen-bond acceptors (Lipinski definition) is 4. The van der Waals surface area contributed by atoms with E-state index in [4.69, 9.17) is 10.5 Å². The zero-order valence-electron chi connectivity index (χ0n) is 6.29. The van der Waals surface area contributed by atoms with Gasteiger partial charge in [0.15, 0.2) is 0 Å². The number of esters is 1. The molecule has 1 atom stereocenters. The zero-order chi connectivity index (χ0) is 7.98. The Labute approximate surface area is 60.3 Å². The van der Waals surface area contributed by atoms with Crippen LogP contribution in [0.5, 0.6) is 0 Å². The molecule has 0 aliphatic heterocycles. The lowest BCUT2D eigenvalue weighted by Gasteiger charge is -2.08. The fourth-order valence-corrected chi connectivity index (χ4v) is 0.337. The molecular formula is C6H13NO3. The number of ether oxygens (including phenoxy) is 2. The van der Waals surface area contributed by atoms with E-state index in [0.29, 0.717) is 0 Å². The van der Waals surface area contributed by atoms with E-state index in [1.54, 1.807) is 7.11 Å². The average molecular weight is 147 g/mol. The quantitative estimate of drug-likeness (QED) is 0.546. The third-order valence-corrected chi connectivity index (χ3v) is 1.05. The van der Waals surface area contributed by atoms with Crippen LogP contribution in [0.25, 0.3) is 0 Å². The fourth-order valence-electron chi connectivity index (χ4n) is 0.337. The summed E-state index contributed by atoms with van der Waals surface area (Å²) in [6.07, 6.45) is -0.0597. The molecule has 0 fully saturated rings. The van der Waals surface area contributed by atoms with Crippen molar-refractivity contribution in [2.45, 2.75) is 13.0 Å². The predicted molar refractivity (Wildman–Crippen MR) is 36.5 cm³/mol. The smallest absolute Gasteiger partial charge is 0.319 e. The van der Waals surface area contributed by atoms with Crippen molar-refractivity contribution in [3.63, 3.8) is 0 Å². The van der Waals surface area contributed by atoms with Gasteiger partial charge in [-0.1, -0.05) is 0 Å². The Balaban J connectivity index is 3.26. The minimum atomic E-state index is -0.399. The number of hydrogen-bond donors (Lipinski definition) is 1. The molecule has 0 heterocycles. The molecule has 0 saturated carbocycles. The summed E-state index contributed by atoms with van der Waals surface area (Å²) in [7, 11) is 1.56. The number of nitrogens with two attached hydrogens (primary N) is 1. The van der Waals surface area contributed by atoms with Gasteiger partial charge in [-0.05, 0) is 6.92 Å². The summed E-state index contributed by atoms with van der Waals surface area (Å²) in [5.74, 6) is -0.399. The van der Waals surface area contributed by atoms with Gasteiger partial charge in [-0.25, -0.2) is 0 Å². The monoisotopic (exact) mass is 147 g/mol. The molecule has 0 aliphatic rings. The Kier molecular flexibility index (Phi) is 4.88. The van der Waals surface area contributed by atoms with Crippen LogP contribution in [0.4, 0.5) is 0 Å². The van der Waals surface area contributed by atoms with Gasteiger partial charge in [0.1, 0.15) is 6.61 Å². The molecular weight excluding hydrogens is 134 g/mol.